The van der Waals surface area contributed by atoms with Crippen LogP contribution in [0.15, 0.2) is 73.1 Å². The zero-order chi connectivity index (χ0) is 29.1. The quantitative estimate of drug-likeness (QED) is 0.229. The molecule has 2 heterocycles. The number of methoxy groups -OCH3 is 2. The van der Waals surface area contributed by atoms with Crippen LogP contribution in [-0.2, 0) is 6.18 Å². The van der Waals surface area contributed by atoms with E-state index in [-0.39, 0.29) is 11.7 Å². The molecule has 5 rings (SSSR count). The second-order valence-corrected chi connectivity index (χ2v) is 8.67. The van der Waals surface area contributed by atoms with E-state index in [2.05, 4.69) is 25.7 Å². The van der Waals surface area contributed by atoms with Crippen molar-refractivity contribution in [1.29, 1.82) is 0 Å². The number of nitrogens with zero attached hydrogens (tertiary/aromatic N) is 4. The summed E-state index contributed by atoms with van der Waals surface area (Å²) in [6.45, 7) is 1.72. The molecule has 0 aliphatic heterocycles. The highest BCUT2D eigenvalue weighted by molar-refractivity contribution is 6.00. The lowest BCUT2D eigenvalue weighted by molar-refractivity contribution is -0.141. The van der Waals surface area contributed by atoms with Gasteiger partial charge < -0.3 is 19.5 Å². The van der Waals surface area contributed by atoms with Crippen molar-refractivity contribution in [3.8, 4) is 28.8 Å². The fraction of sp³-hybridized carbons (Fsp3) is 0.143. The number of nitrogens with one attached hydrogen (secondary N) is 2. The molecule has 41 heavy (non-hydrogen) atoms. The fourth-order valence-electron chi connectivity index (χ4n) is 4.05. The fourth-order valence-corrected chi connectivity index (χ4v) is 4.05. The molecule has 5 aromatic rings. The average molecular weight is 565 g/mol. The van der Waals surface area contributed by atoms with Gasteiger partial charge in [-0.25, -0.2) is 19.4 Å². The number of hydrogen-bond acceptors (Lipinski definition) is 7. The summed E-state index contributed by atoms with van der Waals surface area (Å²) in [4.78, 5) is 21.4. The summed E-state index contributed by atoms with van der Waals surface area (Å²) in [6.07, 6.45) is -3.35. The van der Waals surface area contributed by atoms with E-state index < -0.39 is 17.9 Å². The first kappa shape index (κ1) is 27.2. The summed E-state index contributed by atoms with van der Waals surface area (Å²) < 4.78 is 58.0. The number of urea groups is 1. The molecule has 0 radical (unpaired) electrons. The molecule has 0 fully saturated rings. The van der Waals surface area contributed by atoms with Crippen LogP contribution < -0.4 is 24.8 Å². The maximum Gasteiger partial charge on any atom is 0.435 e. The normalized spacial score (nSPS) is 11.3. The van der Waals surface area contributed by atoms with Crippen LogP contribution >= 0.6 is 0 Å². The highest BCUT2D eigenvalue weighted by atomic mass is 19.4. The largest absolute Gasteiger partial charge is 0.493 e. The maximum atomic E-state index is 13.4. The van der Waals surface area contributed by atoms with Gasteiger partial charge in [0.1, 0.15) is 17.9 Å². The Bertz CT molecular complexity index is 1720. The number of ether oxygens (including phenoxy) is 3. The predicted molar refractivity (Wildman–Crippen MR) is 145 cm³/mol. The summed E-state index contributed by atoms with van der Waals surface area (Å²) in [5.74, 6) is 1.42. The molecular formula is C28H23F3N6O4. The molecule has 0 unspecified atom stereocenters. The predicted octanol–water partition coefficient (Wildman–Crippen LogP) is 6.60. The highest BCUT2D eigenvalue weighted by Crippen LogP contribution is 2.37. The number of halogens is 3. The number of rotatable bonds is 7. The van der Waals surface area contributed by atoms with Gasteiger partial charge >= 0.3 is 12.2 Å². The van der Waals surface area contributed by atoms with Crippen molar-refractivity contribution < 1.29 is 32.2 Å². The molecule has 0 aliphatic rings. The Morgan fingerprint density at radius 3 is 2.32 bits per heavy atom. The van der Waals surface area contributed by atoms with Gasteiger partial charge in [-0.15, -0.1) is 0 Å². The first-order chi connectivity index (χ1) is 19.7. The van der Waals surface area contributed by atoms with E-state index in [0.717, 1.165) is 10.7 Å². The molecule has 3 aromatic carbocycles. The number of amides is 2. The molecule has 0 saturated heterocycles. The van der Waals surface area contributed by atoms with Crippen LogP contribution in [0.1, 0.15) is 11.3 Å². The van der Waals surface area contributed by atoms with E-state index >= 15 is 0 Å². The molecule has 13 heteroatoms. The Balaban J connectivity index is 1.40. The van der Waals surface area contributed by atoms with Gasteiger partial charge in [0.05, 0.1) is 30.8 Å². The van der Waals surface area contributed by atoms with Crippen LogP contribution in [0.3, 0.4) is 0 Å². The van der Waals surface area contributed by atoms with Gasteiger partial charge in [-0.2, -0.15) is 18.3 Å². The zero-order valence-electron chi connectivity index (χ0n) is 22.0. The minimum Gasteiger partial charge on any atom is -0.493 e. The number of fused-ring (bicyclic) bond motifs is 1. The molecule has 0 atom stereocenters. The van der Waals surface area contributed by atoms with Crippen LogP contribution in [0.25, 0.3) is 16.6 Å². The van der Waals surface area contributed by atoms with Gasteiger partial charge in [-0.05, 0) is 37.3 Å². The van der Waals surface area contributed by atoms with E-state index in [9.17, 15) is 18.0 Å². The van der Waals surface area contributed by atoms with Crippen LogP contribution in [0, 0.1) is 6.92 Å². The third kappa shape index (κ3) is 5.69. The second kappa shape index (κ2) is 11.0. The topological polar surface area (TPSA) is 112 Å². The van der Waals surface area contributed by atoms with Crippen molar-refractivity contribution in [2.45, 2.75) is 13.1 Å². The molecule has 2 amide bonds. The van der Waals surface area contributed by atoms with Crippen molar-refractivity contribution in [3.05, 3.63) is 84.3 Å². The number of carbonyl (C=O) groups excluding carboxylic acids is 1. The maximum absolute atomic E-state index is 13.4. The molecule has 0 spiro atoms. The van der Waals surface area contributed by atoms with E-state index in [1.807, 2.05) is 0 Å². The number of para-hydroxylation sites is 1. The van der Waals surface area contributed by atoms with E-state index in [4.69, 9.17) is 14.2 Å². The van der Waals surface area contributed by atoms with Crippen LogP contribution in [-0.4, -0.2) is 40.0 Å². The van der Waals surface area contributed by atoms with Gasteiger partial charge in [0.2, 0.25) is 5.88 Å². The first-order valence-corrected chi connectivity index (χ1v) is 12.1. The summed E-state index contributed by atoms with van der Waals surface area (Å²) in [5, 5.41) is 9.32. The van der Waals surface area contributed by atoms with E-state index in [0.29, 0.717) is 45.1 Å². The van der Waals surface area contributed by atoms with Crippen molar-refractivity contribution in [1.82, 2.24) is 19.7 Å². The van der Waals surface area contributed by atoms with Gasteiger partial charge in [0, 0.05) is 23.4 Å². The molecule has 2 N–H and O–H groups in total. The standard InChI is InChI=1S/C28H23F3N6O4/c1-16-19(34-27(38)35-25-14-24(28(29,30)31)36-37(25)17-8-5-4-6-9-17)10-7-11-21(16)41-26-18-12-22(39-2)23(40-3)13-20(18)32-15-33-26/h4-15H,1-3H3,(H2,34,35,38). The smallest absolute Gasteiger partial charge is 0.435 e. The Morgan fingerprint density at radius 2 is 1.61 bits per heavy atom. The monoisotopic (exact) mass is 564 g/mol. The van der Waals surface area contributed by atoms with Crippen molar-refractivity contribution in [2.24, 2.45) is 0 Å². The Kier molecular flexibility index (Phi) is 7.34. The number of anilines is 2. The van der Waals surface area contributed by atoms with Crippen LogP contribution in [0.2, 0.25) is 0 Å². The number of alkyl halides is 3. The van der Waals surface area contributed by atoms with E-state index in [1.54, 1.807) is 67.6 Å². The lowest BCUT2D eigenvalue weighted by Gasteiger charge is -2.15. The average Bonchev–Trinajstić information content (AvgIpc) is 3.39. The number of hydrogen-bond donors (Lipinski definition) is 2. The second-order valence-electron chi connectivity index (χ2n) is 8.67. The highest BCUT2D eigenvalue weighted by Gasteiger charge is 2.35. The lowest BCUT2D eigenvalue weighted by atomic mass is 10.1. The van der Waals surface area contributed by atoms with Crippen molar-refractivity contribution in [3.63, 3.8) is 0 Å². The van der Waals surface area contributed by atoms with Crippen LogP contribution in [0.4, 0.5) is 29.5 Å². The molecule has 2 aromatic heterocycles. The van der Waals surface area contributed by atoms with Gasteiger partial charge in [-0.3, -0.25) is 5.32 Å². The summed E-state index contributed by atoms with van der Waals surface area (Å²) in [6, 6.07) is 16.5. The van der Waals surface area contributed by atoms with Gasteiger partial charge in [0.15, 0.2) is 17.2 Å². The first-order valence-electron chi connectivity index (χ1n) is 12.1. The Labute approximate surface area is 231 Å². The minimum atomic E-state index is -4.70. The van der Waals surface area contributed by atoms with Gasteiger partial charge in [0.25, 0.3) is 0 Å². The molecular weight excluding hydrogens is 541 g/mol. The lowest BCUT2D eigenvalue weighted by Crippen LogP contribution is -2.21. The Hall–Kier alpha value is -5.33. The third-order valence-corrected chi connectivity index (χ3v) is 6.09. The zero-order valence-corrected chi connectivity index (χ0v) is 22.0. The summed E-state index contributed by atoms with van der Waals surface area (Å²) in [7, 11) is 3.03. The summed E-state index contributed by atoms with van der Waals surface area (Å²) in [5.41, 5.74) is 0.667. The van der Waals surface area contributed by atoms with Crippen molar-refractivity contribution >= 4 is 28.4 Å². The minimum absolute atomic E-state index is 0.164. The van der Waals surface area contributed by atoms with Gasteiger partial charge in [-0.1, -0.05) is 24.3 Å². The number of aromatic nitrogens is 4. The molecule has 0 bridgehead atoms. The molecule has 0 saturated carbocycles. The van der Waals surface area contributed by atoms with Crippen molar-refractivity contribution in [2.75, 3.05) is 24.9 Å². The number of carbonyl (C=O) groups is 1. The third-order valence-electron chi connectivity index (χ3n) is 6.09. The van der Waals surface area contributed by atoms with Crippen LogP contribution in [0.5, 0.6) is 23.1 Å². The molecule has 0 aliphatic carbocycles. The SMILES string of the molecule is COc1cc2ncnc(Oc3cccc(NC(=O)Nc4cc(C(F)(F)F)nn4-c4ccccc4)c3C)c2cc1OC. The number of benzene rings is 3. The summed E-state index contributed by atoms with van der Waals surface area (Å²) >= 11 is 0. The van der Waals surface area contributed by atoms with E-state index in [1.165, 1.54) is 20.5 Å². The molecule has 210 valence electrons. The molecule has 10 nitrogen and oxygen atoms in total. The Morgan fingerprint density at radius 1 is 0.878 bits per heavy atom.